The van der Waals surface area contributed by atoms with E-state index < -0.39 is 24.2 Å². The van der Waals surface area contributed by atoms with E-state index in [-0.39, 0.29) is 23.0 Å². The molecule has 5 rings (SSSR count). The number of carbonyl (C=O) groups excluding carboxylic acids is 1. The molecule has 2 aromatic rings. The van der Waals surface area contributed by atoms with Gasteiger partial charge in [-0.2, -0.15) is 18.3 Å². The molecule has 0 saturated carbocycles. The van der Waals surface area contributed by atoms with Crippen molar-refractivity contribution in [1.82, 2.24) is 19.6 Å². The summed E-state index contributed by atoms with van der Waals surface area (Å²) in [7, 11) is 0. The van der Waals surface area contributed by atoms with Gasteiger partial charge in [0.1, 0.15) is 10.8 Å². The molecule has 0 bridgehead atoms. The number of rotatable bonds is 2. The fourth-order valence-corrected chi connectivity index (χ4v) is 5.33. The van der Waals surface area contributed by atoms with Gasteiger partial charge in [0.2, 0.25) is 0 Å². The largest absolute Gasteiger partial charge is 0.410 e. The van der Waals surface area contributed by atoms with Gasteiger partial charge in [-0.1, -0.05) is 41.4 Å². The number of carbonyl (C=O) groups is 1. The van der Waals surface area contributed by atoms with Crippen LogP contribution in [-0.2, 0) is 0 Å². The zero-order valence-corrected chi connectivity index (χ0v) is 18.5. The second-order valence-electron chi connectivity index (χ2n) is 8.94. The first kappa shape index (κ1) is 21.6. The number of nitrogens with one attached hydrogen (secondary N) is 1. The summed E-state index contributed by atoms with van der Waals surface area (Å²) in [6, 6.07) is 5.21. The maximum Gasteiger partial charge on any atom is 0.410 e. The molecule has 3 atom stereocenters. The number of benzene rings is 1. The van der Waals surface area contributed by atoms with Crippen molar-refractivity contribution in [2.24, 2.45) is 0 Å². The predicted octanol–water partition coefficient (Wildman–Crippen LogP) is 4.43. The Labute approximate surface area is 189 Å². The van der Waals surface area contributed by atoms with E-state index in [4.69, 9.17) is 11.6 Å². The molecule has 0 aliphatic carbocycles. The molecule has 1 aromatic carbocycles. The molecule has 2 saturated heterocycles. The van der Waals surface area contributed by atoms with Crippen molar-refractivity contribution in [2.75, 3.05) is 31.5 Å². The Hall–Kier alpha value is -2.26. The maximum atomic E-state index is 14.0. The molecule has 10 heteroatoms. The predicted molar refractivity (Wildman–Crippen MR) is 115 cm³/mol. The number of fused-ring (bicyclic) bond motifs is 2. The molecular formula is C22H25ClF3N5O. The van der Waals surface area contributed by atoms with Gasteiger partial charge in [0.25, 0.3) is 5.91 Å². The summed E-state index contributed by atoms with van der Waals surface area (Å²) in [5.74, 6) is -0.355. The van der Waals surface area contributed by atoms with Gasteiger partial charge in [0, 0.05) is 32.1 Å². The minimum Gasteiger partial charge on any atom is -0.362 e. The molecule has 3 aliphatic rings. The van der Waals surface area contributed by atoms with Crippen molar-refractivity contribution < 1.29 is 18.0 Å². The van der Waals surface area contributed by atoms with Crippen LogP contribution in [0.15, 0.2) is 24.3 Å². The van der Waals surface area contributed by atoms with Crippen LogP contribution in [-0.4, -0.2) is 63.9 Å². The van der Waals surface area contributed by atoms with Gasteiger partial charge in [0.15, 0.2) is 11.7 Å². The summed E-state index contributed by atoms with van der Waals surface area (Å²) in [5, 5.41) is 7.16. The molecule has 172 valence electrons. The smallest absolute Gasteiger partial charge is 0.362 e. The van der Waals surface area contributed by atoms with Crippen LogP contribution < -0.4 is 5.32 Å². The summed E-state index contributed by atoms with van der Waals surface area (Å²) < 4.78 is 42.8. The molecule has 32 heavy (non-hydrogen) atoms. The van der Waals surface area contributed by atoms with Crippen LogP contribution in [0.2, 0.25) is 5.02 Å². The highest BCUT2D eigenvalue weighted by atomic mass is 35.5. The molecule has 1 amide bonds. The van der Waals surface area contributed by atoms with Crippen molar-refractivity contribution >= 4 is 23.3 Å². The number of anilines is 1. The fraction of sp³-hybridized carbons (Fsp3) is 0.545. The van der Waals surface area contributed by atoms with Gasteiger partial charge in [-0.15, -0.1) is 0 Å². The highest BCUT2D eigenvalue weighted by Crippen LogP contribution is 2.46. The van der Waals surface area contributed by atoms with Gasteiger partial charge < -0.3 is 10.2 Å². The Bertz CT molecular complexity index is 1020. The molecule has 0 spiro atoms. The van der Waals surface area contributed by atoms with E-state index in [9.17, 15) is 18.0 Å². The van der Waals surface area contributed by atoms with Crippen molar-refractivity contribution in [3.8, 4) is 0 Å². The Morgan fingerprint density at radius 1 is 1.19 bits per heavy atom. The topological polar surface area (TPSA) is 53.4 Å². The Morgan fingerprint density at radius 3 is 2.66 bits per heavy atom. The quantitative estimate of drug-likeness (QED) is 0.710. The third kappa shape index (κ3) is 3.75. The van der Waals surface area contributed by atoms with E-state index in [1.54, 1.807) is 4.90 Å². The SMILES string of the molecule is Cc1ccc([C@@H]2C[C@@H](C(F)(F)F)n3nc(C(=O)N4CCN5CCC[C@@H]5C4)c(Cl)c3N2)cc1. The van der Waals surface area contributed by atoms with Crippen LogP contribution >= 0.6 is 11.6 Å². The van der Waals surface area contributed by atoms with E-state index in [0.717, 1.165) is 41.7 Å². The maximum absolute atomic E-state index is 14.0. The summed E-state index contributed by atoms with van der Waals surface area (Å²) in [6.45, 7) is 4.80. The molecule has 0 unspecified atom stereocenters. The first-order valence-electron chi connectivity index (χ1n) is 10.9. The Morgan fingerprint density at radius 2 is 1.94 bits per heavy atom. The fourth-order valence-electron chi connectivity index (χ4n) is 5.07. The third-order valence-electron chi connectivity index (χ3n) is 6.85. The van der Waals surface area contributed by atoms with Crippen molar-refractivity contribution in [3.63, 3.8) is 0 Å². The second kappa shape index (κ2) is 7.95. The molecule has 4 heterocycles. The van der Waals surface area contributed by atoms with Crippen molar-refractivity contribution in [2.45, 2.75) is 50.5 Å². The lowest BCUT2D eigenvalue weighted by atomic mass is 9.96. The summed E-state index contributed by atoms with van der Waals surface area (Å²) >= 11 is 6.49. The highest BCUT2D eigenvalue weighted by Gasteiger charge is 2.48. The Balaban J connectivity index is 1.47. The van der Waals surface area contributed by atoms with Crippen molar-refractivity contribution in [3.05, 3.63) is 46.1 Å². The first-order valence-corrected chi connectivity index (χ1v) is 11.3. The van der Waals surface area contributed by atoms with Crippen LogP contribution in [0.1, 0.15) is 53.0 Å². The summed E-state index contributed by atoms with van der Waals surface area (Å²) in [4.78, 5) is 17.2. The number of piperazine rings is 1. The van der Waals surface area contributed by atoms with Crippen LogP contribution in [0, 0.1) is 6.92 Å². The number of nitrogens with zero attached hydrogens (tertiary/aromatic N) is 4. The molecule has 1 N–H and O–H groups in total. The van der Waals surface area contributed by atoms with Crippen LogP contribution in [0.25, 0.3) is 0 Å². The monoisotopic (exact) mass is 467 g/mol. The van der Waals surface area contributed by atoms with Gasteiger partial charge in [-0.3, -0.25) is 9.69 Å². The Kier molecular flexibility index (Phi) is 5.36. The van der Waals surface area contributed by atoms with Gasteiger partial charge in [0.05, 0.1) is 6.04 Å². The molecule has 0 radical (unpaired) electrons. The van der Waals surface area contributed by atoms with E-state index in [1.807, 2.05) is 31.2 Å². The van der Waals surface area contributed by atoms with Crippen LogP contribution in [0.5, 0.6) is 0 Å². The van der Waals surface area contributed by atoms with E-state index in [2.05, 4.69) is 15.3 Å². The second-order valence-corrected chi connectivity index (χ2v) is 9.32. The molecule has 3 aliphatic heterocycles. The number of alkyl halides is 3. The number of aryl methyl sites for hydroxylation is 1. The zero-order valence-electron chi connectivity index (χ0n) is 17.7. The average Bonchev–Trinajstić information content (AvgIpc) is 3.36. The standard InChI is InChI=1S/C22H25ClF3N5O/c1-13-4-6-14(7-5-13)16-11-17(22(24,25)26)31-20(27-16)18(23)19(28-31)21(32)30-10-9-29-8-2-3-15(29)12-30/h4-7,15-17,27H,2-3,8-12H2,1H3/t15-,16+,17+/m1/s1. The first-order chi connectivity index (χ1) is 15.2. The van der Waals surface area contributed by atoms with Gasteiger partial charge in [-0.05, 0) is 31.9 Å². The van der Waals surface area contributed by atoms with Gasteiger partial charge in [-0.25, -0.2) is 4.68 Å². The zero-order chi connectivity index (χ0) is 22.6. The number of hydrogen-bond donors (Lipinski definition) is 1. The molecule has 1 aromatic heterocycles. The molecule has 2 fully saturated rings. The van der Waals surface area contributed by atoms with E-state index >= 15 is 0 Å². The van der Waals surface area contributed by atoms with Crippen LogP contribution in [0.4, 0.5) is 19.0 Å². The molecule has 6 nitrogen and oxygen atoms in total. The van der Waals surface area contributed by atoms with E-state index in [1.165, 1.54) is 0 Å². The number of aromatic nitrogens is 2. The lowest BCUT2D eigenvalue weighted by Crippen LogP contribution is -2.52. The molecular weight excluding hydrogens is 443 g/mol. The minimum absolute atomic E-state index is 0.0464. The number of amides is 1. The summed E-state index contributed by atoms with van der Waals surface area (Å²) in [5.41, 5.74) is 1.65. The van der Waals surface area contributed by atoms with Crippen molar-refractivity contribution in [1.29, 1.82) is 0 Å². The highest BCUT2D eigenvalue weighted by molar-refractivity contribution is 6.36. The van der Waals surface area contributed by atoms with Gasteiger partial charge >= 0.3 is 6.18 Å². The average molecular weight is 468 g/mol. The summed E-state index contributed by atoms with van der Waals surface area (Å²) in [6.07, 6.45) is -2.63. The van der Waals surface area contributed by atoms with Crippen LogP contribution in [0.3, 0.4) is 0 Å². The minimum atomic E-state index is -4.52. The lowest BCUT2D eigenvalue weighted by molar-refractivity contribution is -0.173. The number of halogens is 4. The normalized spacial score (nSPS) is 25.9. The van der Waals surface area contributed by atoms with E-state index in [0.29, 0.717) is 19.1 Å². The lowest BCUT2D eigenvalue weighted by Gasteiger charge is -2.37. The number of hydrogen-bond acceptors (Lipinski definition) is 4. The third-order valence-corrected chi connectivity index (χ3v) is 7.21.